The lowest BCUT2D eigenvalue weighted by Gasteiger charge is -2.07. The Hall–Kier alpha value is -2.04. The van der Waals surface area contributed by atoms with Crippen molar-refractivity contribution in [2.45, 2.75) is 26.3 Å². The second-order valence-corrected chi connectivity index (χ2v) is 4.09. The van der Waals surface area contributed by atoms with Crippen molar-refractivity contribution in [3.8, 4) is 0 Å². The van der Waals surface area contributed by atoms with Gasteiger partial charge in [-0.05, 0) is 18.6 Å². The molecule has 0 amide bonds. The van der Waals surface area contributed by atoms with Crippen molar-refractivity contribution in [3.63, 3.8) is 0 Å². The number of anilines is 2. The number of aryl methyl sites for hydroxylation is 1. The van der Waals surface area contributed by atoms with Gasteiger partial charge in [0.05, 0.1) is 28.6 Å². The van der Waals surface area contributed by atoms with Crippen molar-refractivity contribution >= 4 is 22.3 Å². The summed E-state index contributed by atoms with van der Waals surface area (Å²) in [6.07, 6.45) is 3.56. The second kappa shape index (κ2) is 4.45. The summed E-state index contributed by atoms with van der Waals surface area (Å²) in [5.41, 5.74) is 12.8. The monoisotopic (exact) mass is 232 g/mol. The number of hydrogen-bond donors (Lipinski definition) is 2. The number of benzene rings is 1. The molecule has 0 fully saturated rings. The van der Waals surface area contributed by atoms with Gasteiger partial charge in [0.1, 0.15) is 0 Å². The molecule has 5 heteroatoms. The van der Waals surface area contributed by atoms with Crippen molar-refractivity contribution in [2.24, 2.45) is 0 Å². The van der Waals surface area contributed by atoms with Gasteiger partial charge in [0.25, 0.3) is 5.56 Å². The molecule has 90 valence electrons. The number of rotatable bonds is 3. The van der Waals surface area contributed by atoms with Crippen LogP contribution >= 0.6 is 0 Å². The van der Waals surface area contributed by atoms with Gasteiger partial charge in [-0.1, -0.05) is 13.3 Å². The van der Waals surface area contributed by atoms with Crippen molar-refractivity contribution in [3.05, 3.63) is 28.8 Å². The van der Waals surface area contributed by atoms with Crippen LogP contribution in [0.25, 0.3) is 10.9 Å². The molecule has 0 aliphatic heterocycles. The van der Waals surface area contributed by atoms with E-state index >= 15 is 0 Å². The highest BCUT2D eigenvalue weighted by Crippen LogP contribution is 2.19. The molecular formula is C12H16N4O. The highest BCUT2D eigenvalue weighted by molar-refractivity contribution is 5.87. The maximum absolute atomic E-state index is 12.1. The van der Waals surface area contributed by atoms with Crippen LogP contribution in [0.5, 0.6) is 0 Å². The minimum absolute atomic E-state index is 0.0600. The van der Waals surface area contributed by atoms with Crippen LogP contribution in [0.1, 0.15) is 19.8 Å². The lowest BCUT2D eigenvalue weighted by atomic mass is 10.2. The van der Waals surface area contributed by atoms with Crippen molar-refractivity contribution in [1.29, 1.82) is 0 Å². The molecule has 5 nitrogen and oxygen atoms in total. The third-order valence-electron chi connectivity index (χ3n) is 2.78. The molecule has 1 aromatic carbocycles. The van der Waals surface area contributed by atoms with Gasteiger partial charge in [-0.3, -0.25) is 9.36 Å². The van der Waals surface area contributed by atoms with Gasteiger partial charge in [0.2, 0.25) is 0 Å². The molecule has 0 radical (unpaired) electrons. The van der Waals surface area contributed by atoms with E-state index in [9.17, 15) is 4.79 Å². The summed E-state index contributed by atoms with van der Waals surface area (Å²) >= 11 is 0. The molecule has 2 rings (SSSR count). The topological polar surface area (TPSA) is 86.9 Å². The zero-order valence-corrected chi connectivity index (χ0v) is 9.81. The number of nitrogen functional groups attached to an aromatic ring is 2. The van der Waals surface area contributed by atoms with Crippen LogP contribution in [0.4, 0.5) is 11.4 Å². The molecule has 2 aromatic rings. The Kier molecular flexibility index (Phi) is 2.99. The summed E-state index contributed by atoms with van der Waals surface area (Å²) in [5, 5.41) is 0.523. The summed E-state index contributed by atoms with van der Waals surface area (Å²) in [6, 6.07) is 3.23. The van der Waals surface area contributed by atoms with E-state index < -0.39 is 0 Å². The first-order chi connectivity index (χ1) is 8.13. The normalized spacial score (nSPS) is 10.9. The Morgan fingerprint density at radius 2 is 2.00 bits per heavy atom. The zero-order chi connectivity index (χ0) is 12.4. The predicted octanol–water partition coefficient (Wildman–Crippen LogP) is 1.36. The molecule has 0 saturated carbocycles. The summed E-state index contributed by atoms with van der Waals surface area (Å²) in [6.45, 7) is 2.76. The summed E-state index contributed by atoms with van der Waals surface area (Å²) in [4.78, 5) is 16.3. The number of aromatic nitrogens is 2. The van der Waals surface area contributed by atoms with Gasteiger partial charge in [0, 0.05) is 6.54 Å². The number of unbranched alkanes of at least 4 members (excludes halogenated alkanes) is 1. The predicted molar refractivity (Wildman–Crippen MR) is 69.7 cm³/mol. The highest BCUT2D eigenvalue weighted by Gasteiger charge is 2.06. The average molecular weight is 232 g/mol. The van der Waals surface area contributed by atoms with Crippen molar-refractivity contribution in [1.82, 2.24) is 9.55 Å². The van der Waals surface area contributed by atoms with Crippen LogP contribution in [-0.4, -0.2) is 9.55 Å². The number of nitrogens with two attached hydrogens (primary N) is 2. The summed E-state index contributed by atoms with van der Waals surface area (Å²) in [5.74, 6) is 0. The molecule has 1 aromatic heterocycles. The molecule has 0 atom stereocenters. The average Bonchev–Trinajstić information content (AvgIpc) is 2.31. The van der Waals surface area contributed by atoms with Crippen molar-refractivity contribution in [2.75, 3.05) is 11.5 Å². The molecule has 0 saturated heterocycles. The van der Waals surface area contributed by atoms with E-state index in [-0.39, 0.29) is 5.56 Å². The minimum atomic E-state index is -0.0600. The largest absolute Gasteiger partial charge is 0.397 e. The SMILES string of the molecule is CCCCn1cnc2cc(N)c(N)cc2c1=O. The Balaban J connectivity index is 2.59. The molecule has 1 heterocycles. The standard InChI is InChI=1S/C12H16N4O/c1-2-3-4-16-7-15-11-6-10(14)9(13)5-8(11)12(16)17/h5-7H,2-4,13-14H2,1H3. The zero-order valence-electron chi connectivity index (χ0n) is 9.81. The van der Waals surface area contributed by atoms with E-state index in [0.717, 1.165) is 12.8 Å². The van der Waals surface area contributed by atoms with E-state index in [1.54, 1.807) is 23.0 Å². The van der Waals surface area contributed by atoms with Gasteiger partial charge in [-0.25, -0.2) is 4.98 Å². The van der Waals surface area contributed by atoms with E-state index in [1.165, 1.54) is 0 Å². The number of nitrogens with zero attached hydrogens (tertiary/aromatic N) is 2. The quantitative estimate of drug-likeness (QED) is 0.782. The van der Waals surface area contributed by atoms with Crippen LogP contribution in [0, 0.1) is 0 Å². The van der Waals surface area contributed by atoms with Crippen LogP contribution in [0.3, 0.4) is 0 Å². The molecule has 17 heavy (non-hydrogen) atoms. The first-order valence-electron chi connectivity index (χ1n) is 5.67. The number of hydrogen-bond acceptors (Lipinski definition) is 4. The summed E-state index contributed by atoms with van der Waals surface area (Å²) in [7, 11) is 0. The Bertz CT molecular complexity index is 603. The molecular weight excluding hydrogens is 216 g/mol. The minimum Gasteiger partial charge on any atom is -0.397 e. The molecule has 0 aliphatic rings. The first-order valence-corrected chi connectivity index (χ1v) is 5.67. The Morgan fingerprint density at radius 1 is 1.29 bits per heavy atom. The van der Waals surface area contributed by atoms with Gasteiger partial charge in [-0.15, -0.1) is 0 Å². The third kappa shape index (κ3) is 2.08. The lowest BCUT2D eigenvalue weighted by Crippen LogP contribution is -2.20. The first kappa shape index (κ1) is 11.4. The van der Waals surface area contributed by atoms with Gasteiger partial charge in [-0.2, -0.15) is 0 Å². The molecule has 0 aliphatic carbocycles. The molecule has 4 N–H and O–H groups in total. The molecule has 0 unspecified atom stereocenters. The highest BCUT2D eigenvalue weighted by atomic mass is 16.1. The smallest absolute Gasteiger partial charge is 0.261 e. The van der Waals surface area contributed by atoms with E-state index in [4.69, 9.17) is 11.5 Å². The lowest BCUT2D eigenvalue weighted by molar-refractivity contribution is 0.608. The fourth-order valence-corrected chi connectivity index (χ4v) is 1.73. The maximum Gasteiger partial charge on any atom is 0.261 e. The summed E-state index contributed by atoms with van der Waals surface area (Å²) < 4.78 is 1.61. The Morgan fingerprint density at radius 3 is 2.71 bits per heavy atom. The van der Waals surface area contributed by atoms with E-state index in [1.807, 2.05) is 0 Å². The Labute approximate surface area is 99.1 Å². The molecule has 0 spiro atoms. The second-order valence-electron chi connectivity index (χ2n) is 4.09. The van der Waals surface area contributed by atoms with Crippen LogP contribution in [0.15, 0.2) is 23.3 Å². The van der Waals surface area contributed by atoms with Gasteiger partial charge >= 0.3 is 0 Å². The van der Waals surface area contributed by atoms with Crippen LogP contribution < -0.4 is 17.0 Å². The fraction of sp³-hybridized carbons (Fsp3) is 0.333. The van der Waals surface area contributed by atoms with E-state index in [0.29, 0.717) is 28.8 Å². The van der Waals surface area contributed by atoms with Crippen LogP contribution in [-0.2, 0) is 6.54 Å². The van der Waals surface area contributed by atoms with E-state index in [2.05, 4.69) is 11.9 Å². The fourth-order valence-electron chi connectivity index (χ4n) is 1.73. The van der Waals surface area contributed by atoms with Gasteiger partial charge in [0.15, 0.2) is 0 Å². The molecule has 0 bridgehead atoms. The van der Waals surface area contributed by atoms with Crippen LogP contribution in [0.2, 0.25) is 0 Å². The van der Waals surface area contributed by atoms with Gasteiger partial charge < -0.3 is 11.5 Å². The van der Waals surface area contributed by atoms with Crippen molar-refractivity contribution < 1.29 is 0 Å². The number of fused-ring (bicyclic) bond motifs is 1. The third-order valence-corrected chi connectivity index (χ3v) is 2.78. The maximum atomic E-state index is 12.1.